The van der Waals surface area contributed by atoms with Crippen molar-refractivity contribution >= 4 is 23.5 Å². The second kappa shape index (κ2) is 7.51. The summed E-state index contributed by atoms with van der Waals surface area (Å²) in [6.45, 7) is 6.92. The molecule has 0 bridgehead atoms. The van der Waals surface area contributed by atoms with Crippen LogP contribution in [0.15, 0.2) is 17.8 Å². The molecule has 0 aliphatic carbocycles. The zero-order valence-corrected chi connectivity index (χ0v) is 14.7. The number of nitrogens with zero attached hydrogens (tertiary/aromatic N) is 4. The predicted octanol–water partition coefficient (Wildman–Crippen LogP) is 0.397. The molecule has 2 aliphatic heterocycles. The molecule has 0 saturated carbocycles. The van der Waals surface area contributed by atoms with Crippen LogP contribution in [-0.2, 0) is 33.8 Å². The van der Waals surface area contributed by atoms with Gasteiger partial charge in [0.2, 0.25) is 5.91 Å². The number of rotatable bonds is 5. The first-order valence-corrected chi connectivity index (χ1v) is 8.56. The van der Waals surface area contributed by atoms with E-state index in [9.17, 15) is 14.4 Å². The van der Waals surface area contributed by atoms with Crippen molar-refractivity contribution in [1.29, 1.82) is 0 Å². The van der Waals surface area contributed by atoms with E-state index in [0.717, 1.165) is 5.69 Å². The average molecular weight is 359 g/mol. The molecule has 0 saturated heterocycles. The number of hydrogen-bond donors (Lipinski definition) is 1. The zero-order chi connectivity index (χ0) is 18.7. The van der Waals surface area contributed by atoms with E-state index in [2.05, 4.69) is 22.2 Å². The van der Waals surface area contributed by atoms with Crippen molar-refractivity contribution in [2.45, 2.75) is 39.3 Å². The summed E-state index contributed by atoms with van der Waals surface area (Å²) in [5.41, 5.74) is 4.51. The van der Waals surface area contributed by atoms with Gasteiger partial charge in [0.1, 0.15) is 5.71 Å². The Hall–Kier alpha value is -2.97. The maximum atomic E-state index is 12.7. The highest BCUT2D eigenvalue weighted by Crippen LogP contribution is 2.24. The summed E-state index contributed by atoms with van der Waals surface area (Å²) in [6.07, 6.45) is 2.84. The van der Waals surface area contributed by atoms with E-state index < -0.39 is 5.97 Å². The van der Waals surface area contributed by atoms with Crippen LogP contribution in [0, 0.1) is 0 Å². The number of esters is 1. The molecule has 3 heterocycles. The van der Waals surface area contributed by atoms with Crippen molar-refractivity contribution in [2.75, 3.05) is 13.2 Å². The fourth-order valence-electron chi connectivity index (χ4n) is 3.11. The lowest BCUT2D eigenvalue weighted by atomic mass is 10.0. The lowest BCUT2D eigenvalue weighted by molar-refractivity contribution is -0.125. The van der Waals surface area contributed by atoms with Gasteiger partial charge in [0.25, 0.3) is 5.91 Å². The van der Waals surface area contributed by atoms with Gasteiger partial charge in [0, 0.05) is 37.1 Å². The maximum Gasteiger partial charge on any atom is 0.359 e. The first kappa shape index (κ1) is 17.8. The Morgan fingerprint density at radius 1 is 1.35 bits per heavy atom. The van der Waals surface area contributed by atoms with Crippen LogP contribution >= 0.6 is 0 Å². The summed E-state index contributed by atoms with van der Waals surface area (Å²) >= 11 is 0. The molecule has 0 atom stereocenters. The molecular weight excluding hydrogens is 338 g/mol. The van der Waals surface area contributed by atoms with Crippen LogP contribution in [0.25, 0.3) is 0 Å². The molecular formula is C17H21N5O4. The number of aromatic nitrogens is 2. The summed E-state index contributed by atoms with van der Waals surface area (Å²) in [5.74, 6) is -0.928. The van der Waals surface area contributed by atoms with E-state index in [1.807, 2.05) is 0 Å². The van der Waals surface area contributed by atoms with Crippen LogP contribution in [0.2, 0.25) is 0 Å². The second-order valence-electron chi connectivity index (χ2n) is 6.04. The number of carbonyl (C=O) groups is 3. The van der Waals surface area contributed by atoms with Crippen molar-refractivity contribution in [3.05, 3.63) is 29.6 Å². The lowest BCUT2D eigenvalue weighted by Crippen LogP contribution is -2.43. The summed E-state index contributed by atoms with van der Waals surface area (Å²) in [6, 6.07) is 0. The van der Waals surface area contributed by atoms with Gasteiger partial charge < -0.3 is 9.64 Å². The van der Waals surface area contributed by atoms with E-state index >= 15 is 0 Å². The van der Waals surface area contributed by atoms with Crippen molar-refractivity contribution in [1.82, 2.24) is 20.1 Å². The molecule has 0 fully saturated rings. The first-order valence-electron chi connectivity index (χ1n) is 8.56. The topological polar surface area (TPSA) is 106 Å². The van der Waals surface area contributed by atoms with Crippen molar-refractivity contribution in [3.63, 3.8) is 0 Å². The highest BCUT2D eigenvalue weighted by atomic mass is 16.5. The molecule has 1 aromatic heterocycles. The Morgan fingerprint density at radius 3 is 2.81 bits per heavy atom. The molecule has 26 heavy (non-hydrogen) atoms. The predicted molar refractivity (Wildman–Crippen MR) is 92.3 cm³/mol. The van der Waals surface area contributed by atoms with Gasteiger partial charge in [-0.3, -0.25) is 14.3 Å². The van der Waals surface area contributed by atoms with Gasteiger partial charge in [-0.05, 0) is 6.92 Å². The number of amides is 2. The van der Waals surface area contributed by atoms with Gasteiger partial charge in [-0.25, -0.2) is 10.2 Å². The smallest absolute Gasteiger partial charge is 0.359 e. The Balaban J connectivity index is 1.86. The second-order valence-corrected chi connectivity index (χ2v) is 6.04. The van der Waals surface area contributed by atoms with Gasteiger partial charge in [-0.15, -0.1) is 6.58 Å². The third-order valence-electron chi connectivity index (χ3n) is 4.34. The summed E-state index contributed by atoms with van der Waals surface area (Å²) in [7, 11) is 0. The van der Waals surface area contributed by atoms with Crippen LogP contribution in [0.3, 0.4) is 0 Å². The van der Waals surface area contributed by atoms with Crippen molar-refractivity contribution in [3.8, 4) is 0 Å². The number of allylic oxidation sites excluding steroid dienone is 1. The van der Waals surface area contributed by atoms with E-state index in [4.69, 9.17) is 4.74 Å². The monoisotopic (exact) mass is 359 g/mol. The van der Waals surface area contributed by atoms with Gasteiger partial charge in [0.15, 0.2) is 5.69 Å². The highest BCUT2D eigenvalue weighted by Gasteiger charge is 2.32. The molecule has 9 heteroatoms. The Kier molecular flexibility index (Phi) is 5.15. The molecule has 9 nitrogen and oxygen atoms in total. The number of ether oxygens (including phenoxy) is 1. The number of carbonyl (C=O) groups excluding carboxylic acids is 3. The molecule has 1 N–H and O–H groups in total. The van der Waals surface area contributed by atoms with E-state index in [1.165, 1.54) is 0 Å². The van der Waals surface area contributed by atoms with Crippen LogP contribution in [0.4, 0.5) is 0 Å². The molecule has 0 unspecified atom stereocenters. The highest BCUT2D eigenvalue weighted by molar-refractivity contribution is 6.39. The normalized spacial score (nSPS) is 16.4. The largest absolute Gasteiger partial charge is 0.461 e. The molecule has 2 aliphatic rings. The number of hydrogen-bond acceptors (Lipinski definition) is 6. The molecule has 0 spiro atoms. The maximum absolute atomic E-state index is 12.7. The Bertz CT molecular complexity index is 795. The van der Waals surface area contributed by atoms with Gasteiger partial charge >= 0.3 is 5.97 Å². The molecule has 1 aromatic rings. The number of nitrogens with one attached hydrogen (secondary N) is 1. The number of fused-ring (bicyclic) bond motifs is 1. The standard InChI is InChI=1S/C17H21N5O4/c1-3-8-22-13-7-9-21(16(24)12-5-6-14(23)19-18-12)10-11(13)15(20-22)17(25)26-4-2/h3H,1,4-10H2,2H3,(H,19,23). The third-order valence-corrected chi connectivity index (χ3v) is 4.34. The van der Waals surface area contributed by atoms with Crippen LogP contribution in [-0.4, -0.2) is 51.3 Å². The first-order chi connectivity index (χ1) is 12.5. The molecule has 2 amide bonds. The van der Waals surface area contributed by atoms with Gasteiger partial charge in [-0.2, -0.15) is 10.2 Å². The zero-order valence-electron chi connectivity index (χ0n) is 14.7. The van der Waals surface area contributed by atoms with Crippen molar-refractivity contribution in [2.24, 2.45) is 5.10 Å². The third kappa shape index (κ3) is 3.37. The van der Waals surface area contributed by atoms with Crippen LogP contribution in [0.1, 0.15) is 41.5 Å². The molecule has 0 aromatic carbocycles. The van der Waals surface area contributed by atoms with Crippen LogP contribution in [0.5, 0.6) is 0 Å². The molecule has 138 valence electrons. The number of hydrazone groups is 1. The quantitative estimate of drug-likeness (QED) is 0.605. The average Bonchev–Trinajstić information content (AvgIpc) is 3.00. The van der Waals surface area contributed by atoms with E-state index in [1.54, 1.807) is 22.6 Å². The van der Waals surface area contributed by atoms with E-state index in [0.29, 0.717) is 37.2 Å². The lowest BCUT2D eigenvalue weighted by Gasteiger charge is -2.28. The summed E-state index contributed by atoms with van der Waals surface area (Å²) in [5, 5.41) is 8.23. The minimum absolute atomic E-state index is 0.197. The van der Waals surface area contributed by atoms with Crippen molar-refractivity contribution < 1.29 is 19.1 Å². The van der Waals surface area contributed by atoms with Crippen LogP contribution < -0.4 is 5.43 Å². The summed E-state index contributed by atoms with van der Waals surface area (Å²) < 4.78 is 6.82. The van der Waals surface area contributed by atoms with Gasteiger partial charge in [-0.1, -0.05) is 6.08 Å². The molecule has 0 radical (unpaired) electrons. The Morgan fingerprint density at radius 2 is 2.15 bits per heavy atom. The SMILES string of the molecule is C=CCn1nc(C(=O)OCC)c2c1CCN(C(=O)C1=NNC(=O)CC1)C2. The fourth-order valence-corrected chi connectivity index (χ4v) is 3.11. The Labute approximate surface area is 150 Å². The minimum Gasteiger partial charge on any atom is -0.461 e. The minimum atomic E-state index is -0.497. The van der Waals surface area contributed by atoms with Gasteiger partial charge in [0.05, 0.1) is 19.7 Å². The van der Waals surface area contributed by atoms with E-state index in [-0.39, 0.29) is 37.1 Å². The summed E-state index contributed by atoms with van der Waals surface area (Å²) in [4.78, 5) is 37.8. The molecule has 3 rings (SSSR count). The fraction of sp³-hybridized carbons (Fsp3) is 0.471.